The molecule has 8 nitrogen and oxygen atoms in total. The highest BCUT2D eigenvalue weighted by Crippen LogP contribution is 2.36. The molecule has 0 unspecified atom stereocenters. The molecule has 0 radical (unpaired) electrons. The van der Waals surface area contributed by atoms with E-state index in [1.807, 2.05) is 42.5 Å². The van der Waals surface area contributed by atoms with Gasteiger partial charge in [0.1, 0.15) is 11.4 Å². The summed E-state index contributed by atoms with van der Waals surface area (Å²) in [5.74, 6) is 0.432. The summed E-state index contributed by atoms with van der Waals surface area (Å²) in [5.41, 5.74) is 11.8. The van der Waals surface area contributed by atoms with Crippen molar-refractivity contribution in [2.75, 3.05) is 6.26 Å². The molecule has 0 bridgehead atoms. The van der Waals surface area contributed by atoms with E-state index in [0.717, 1.165) is 27.7 Å². The quantitative estimate of drug-likeness (QED) is 0.301. The average Bonchev–Trinajstić information content (AvgIpc) is 3.41. The van der Waals surface area contributed by atoms with Gasteiger partial charge in [-0.05, 0) is 41.0 Å². The number of hydrogen-bond donors (Lipinski definition) is 4. The second kappa shape index (κ2) is 7.89. The lowest BCUT2D eigenvalue weighted by Crippen LogP contribution is -1.96. The van der Waals surface area contributed by atoms with Crippen LogP contribution in [0.5, 0.6) is 5.75 Å². The molecule has 5 N–H and O–H groups in total. The van der Waals surface area contributed by atoms with E-state index in [1.165, 1.54) is 6.26 Å². The van der Waals surface area contributed by atoms with Gasteiger partial charge in [0, 0.05) is 17.5 Å². The first kappa shape index (κ1) is 21.5. The van der Waals surface area contributed by atoms with Crippen molar-refractivity contribution in [3.8, 4) is 39.7 Å². The number of nitrogens with two attached hydrogens (primary N) is 1. The monoisotopic (exact) mass is 471 g/mol. The van der Waals surface area contributed by atoms with Gasteiger partial charge in [-0.1, -0.05) is 49.0 Å². The lowest BCUT2D eigenvalue weighted by Gasteiger charge is -2.05. The van der Waals surface area contributed by atoms with E-state index in [-0.39, 0.29) is 10.6 Å². The van der Waals surface area contributed by atoms with Crippen molar-refractivity contribution < 1.29 is 13.5 Å². The molecule has 9 heteroatoms. The van der Waals surface area contributed by atoms with Gasteiger partial charge in [0.2, 0.25) is 0 Å². The molecule has 0 amide bonds. The zero-order valence-corrected chi connectivity index (χ0v) is 19.0. The minimum atomic E-state index is -3.24. The van der Waals surface area contributed by atoms with Crippen LogP contribution in [0.15, 0.2) is 78.2 Å². The molecule has 170 valence electrons. The summed E-state index contributed by atoms with van der Waals surface area (Å²) in [6, 6.07) is 19.7. The Bertz CT molecular complexity index is 1650. The van der Waals surface area contributed by atoms with Gasteiger partial charge in [0.05, 0.1) is 15.9 Å². The Hall–Kier alpha value is -4.37. The number of aromatic nitrogens is 4. The number of fused-ring (bicyclic) bond motifs is 1. The number of nitrogens with zero attached hydrogens (tertiary/aromatic N) is 2. The minimum Gasteiger partial charge on any atom is -0.504 e. The first-order valence-corrected chi connectivity index (χ1v) is 12.2. The lowest BCUT2D eigenvalue weighted by atomic mass is 10.0. The smallest absolute Gasteiger partial charge is 0.175 e. The van der Waals surface area contributed by atoms with Crippen LogP contribution in [0.1, 0.15) is 5.56 Å². The van der Waals surface area contributed by atoms with Crippen molar-refractivity contribution in [1.82, 2.24) is 20.2 Å². The van der Waals surface area contributed by atoms with Crippen LogP contribution in [0.4, 0.5) is 0 Å². The average molecular weight is 472 g/mol. The van der Waals surface area contributed by atoms with Crippen LogP contribution >= 0.6 is 0 Å². The van der Waals surface area contributed by atoms with Crippen molar-refractivity contribution >= 4 is 26.6 Å². The Morgan fingerprint density at radius 1 is 0.971 bits per heavy atom. The van der Waals surface area contributed by atoms with Gasteiger partial charge in [0.15, 0.2) is 21.4 Å². The summed E-state index contributed by atoms with van der Waals surface area (Å²) >= 11 is 0. The molecule has 0 spiro atoms. The molecule has 0 atom stereocenters. The van der Waals surface area contributed by atoms with E-state index < -0.39 is 9.84 Å². The number of benzene rings is 3. The maximum absolute atomic E-state index is 11.7. The molecule has 5 rings (SSSR count). The number of imidazole rings is 1. The summed E-state index contributed by atoms with van der Waals surface area (Å²) in [6.07, 6.45) is 1.18. The molecule has 0 aliphatic heterocycles. The summed E-state index contributed by atoms with van der Waals surface area (Å²) < 4.78 is 23.3. The molecule has 3 aromatic carbocycles. The standard InChI is InChI=1S/C25H21N5O3S/c1-14(26)18-9-12-20-21(13-18)28-25(27-20)23-24(31)22(29-30-23)17-5-3-15(4-6-17)16-7-10-19(11-8-16)34(2,32)33/h3-13,31H,1,26H2,2H3,(H,27,28)(H,29,30). The van der Waals surface area contributed by atoms with E-state index in [2.05, 4.69) is 26.7 Å². The second-order valence-corrected chi connectivity index (χ2v) is 10.0. The van der Waals surface area contributed by atoms with Crippen LogP contribution in [-0.4, -0.2) is 39.9 Å². The van der Waals surface area contributed by atoms with Crippen molar-refractivity contribution in [3.05, 3.63) is 78.9 Å². The first-order chi connectivity index (χ1) is 16.2. The van der Waals surface area contributed by atoms with Gasteiger partial charge >= 0.3 is 0 Å². The Morgan fingerprint density at radius 3 is 2.21 bits per heavy atom. The van der Waals surface area contributed by atoms with Crippen molar-refractivity contribution in [2.24, 2.45) is 5.73 Å². The number of nitrogens with one attached hydrogen (secondary N) is 2. The molecule has 34 heavy (non-hydrogen) atoms. The Balaban J connectivity index is 1.44. The highest BCUT2D eigenvalue weighted by Gasteiger charge is 2.18. The third-order valence-corrected chi connectivity index (χ3v) is 6.73. The van der Waals surface area contributed by atoms with Gasteiger partial charge < -0.3 is 15.8 Å². The Morgan fingerprint density at radius 2 is 1.59 bits per heavy atom. The summed E-state index contributed by atoms with van der Waals surface area (Å²) in [6.45, 7) is 3.75. The maximum atomic E-state index is 11.7. The third kappa shape index (κ3) is 3.82. The van der Waals surface area contributed by atoms with Crippen LogP contribution in [-0.2, 0) is 9.84 Å². The molecule has 0 saturated carbocycles. The summed E-state index contributed by atoms with van der Waals surface area (Å²) in [7, 11) is -3.24. The van der Waals surface area contributed by atoms with Crippen molar-refractivity contribution in [2.45, 2.75) is 4.90 Å². The lowest BCUT2D eigenvalue weighted by molar-refractivity contribution is 0.479. The molecule has 2 aromatic heterocycles. The van der Waals surface area contributed by atoms with Gasteiger partial charge in [-0.25, -0.2) is 13.4 Å². The molecular weight excluding hydrogens is 450 g/mol. The molecule has 0 aliphatic rings. The van der Waals surface area contributed by atoms with Crippen LogP contribution in [0.25, 0.3) is 50.6 Å². The van der Waals surface area contributed by atoms with E-state index >= 15 is 0 Å². The summed E-state index contributed by atoms with van der Waals surface area (Å²) in [4.78, 5) is 7.98. The predicted octanol–water partition coefficient (Wildman–Crippen LogP) is 4.33. The van der Waals surface area contributed by atoms with Crippen LogP contribution < -0.4 is 5.73 Å². The SMILES string of the molecule is C=C(N)c1ccc2nc(-c3[nH]nc(-c4ccc(-c5ccc(S(C)(=O)=O)cc5)cc4)c3O)[nH]c2c1. The normalized spacial score (nSPS) is 11.7. The van der Waals surface area contributed by atoms with E-state index in [0.29, 0.717) is 28.5 Å². The van der Waals surface area contributed by atoms with Gasteiger partial charge in [0.25, 0.3) is 0 Å². The number of sulfone groups is 1. The first-order valence-electron chi connectivity index (χ1n) is 10.3. The largest absolute Gasteiger partial charge is 0.504 e. The van der Waals surface area contributed by atoms with E-state index in [9.17, 15) is 13.5 Å². The van der Waals surface area contributed by atoms with Gasteiger partial charge in [-0.15, -0.1) is 0 Å². The van der Waals surface area contributed by atoms with Gasteiger partial charge in [-0.3, -0.25) is 5.10 Å². The maximum Gasteiger partial charge on any atom is 0.175 e. The molecule has 0 fully saturated rings. The molecular formula is C25H21N5O3S. The number of aromatic amines is 2. The van der Waals surface area contributed by atoms with Crippen molar-refractivity contribution in [1.29, 1.82) is 0 Å². The zero-order valence-electron chi connectivity index (χ0n) is 18.2. The van der Waals surface area contributed by atoms with Gasteiger partial charge in [-0.2, -0.15) is 5.10 Å². The number of rotatable bonds is 5. The topological polar surface area (TPSA) is 138 Å². The van der Waals surface area contributed by atoms with E-state index in [4.69, 9.17) is 5.73 Å². The van der Waals surface area contributed by atoms with Crippen molar-refractivity contribution in [3.63, 3.8) is 0 Å². The Kier molecular flexibility index (Phi) is 4.98. The zero-order chi connectivity index (χ0) is 24.0. The number of aromatic hydroxyl groups is 1. The molecule has 5 aromatic rings. The third-order valence-electron chi connectivity index (χ3n) is 5.60. The second-order valence-electron chi connectivity index (χ2n) is 8.01. The van der Waals surface area contributed by atoms with Crippen LogP contribution in [0.2, 0.25) is 0 Å². The fraction of sp³-hybridized carbons (Fsp3) is 0.0400. The number of H-pyrrole nitrogens is 2. The predicted molar refractivity (Wildman–Crippen MR) is 133 cm³/mol. The fourth-order valence-corrected chi connectivity index (χ4v) is 4.38. The molecule has 2 heterocycles. The molecule has 0 aliphatic carbocycles. The van der Waals surface area contributed by atoms with Crippen LogP contribution in [0.3, 0.4) is 0 Å². The molecule has 0 saturated heterocycles. The highest BCUT2D eigenvalue weighted by atomic mass is 32.2. The van der Waals surface area contributed by atoms with E-state index in [1.54, 1.807) is 24.3 Å². The number of hydrogen-bond acceptors (Lipinski definition) is 6. The fourth-order valence-electron chi connectivity index (χ4n) is 3.75. The highest BCUT2D eigenvalue weighted by molar-refractivity contribution is 7.90. The Labute approximate surface area is 195 Å². The summed E-state index contributed by atoms with van der Waals surface area (Å²) in [5, 5.41) is 18.0. The van der Waals surface area contributed by atoms with Crippen LogP contribution in [0, 0.1) is 0 Å². The minimum absolute atomic E-state index is 0.0206.